The molecule has 2 aromatic carbocycles. The lowest BCUT2D eigenvalue weighted by Crippen LogP contribution is -2.62. The molecule has 3 rings (SSSR count). The summed E-state index contributed by atoms with van der Waals surface area (Å²) in [5, 5.41) is 0. The zero-order valence-corrected chi connectivity index (χ0v) is 22.9. The summed E-state index contributed by atoms with van der Waals surface area (Å²) >= 11 is 0. The fraction of sp³-hybridized carbons (Fsp3) is 0.433. The summed E-state index contributed by atoms with van der Waals surface area (Å²) in [4.78, 5) is 60.2. The third kappa shape index (κ3) is 9.38. The van der Waals surface area contributed by atoms with Gasteiger partial charge in [0, 0.05) is 33.1 Å². The van der Waals surface area contributed by atoms with Gasteiger partial charge in [-0.25, -0.2) is 0 Å². The second kappa shape index (κ2) is 15.1. The minimum atomic E-state index is -1.65. The fourth-order valence-electron chi connectivity index (χ4n) is 4.30. The van der Waals surface area contributed by atoms with E-state index in [4.69, 9.17) is 38.6 Å². The van der Waals surface area contributed by atoms with Crippen molar-refractivity contribution in [2.75, 3.05) is 13.7 Å². The molecule has 1 unspecified atom stereocenters. The number of benzene rings is 2. The van der Waals surface area contributed by atoms with E-state index < -0.39 is 88.8 Å². The van der Waals surface area contributed by atoms with Crippen molar-refractivity contribution < 1.29 is 62.6 Å². The van der Waals surface area contributed by atoms with E-state index in [1.54, 1.807) is 30.3 Å². The van der Waals surface area contributed by atoms with Crippen LogP contribution in [0.3, 0.4) is 0 Å². The maximum atomic E-state index is 12.3. The zero-order chi connectivity index (χ0) is 33.6. The molecule has 0 bridgehead atoms. The fourth-order valence-corrected chi connectivity index (χ4v) is 4.30. The molecule has 5 atom stereocenters. The van der Waals surface area contributed by atoms with Crippen LogP contribution in [0.25, 0.3) is 11.1 Å². The first-order chi connectivity index (χ1) is 22.1. The Hall–Kier alpha value is -4.29. The van der Waals surface area contributed by atoms with Crippen LogP contribution in [0.2, 0.25) is 0 Å². The number of carbonyl (C=O) groups excluding carboxylic acids is 5. The van der Waals surface area contributed by atoms with E-state index in [0.29, 0.717) is 5.56 Å². The van der Waals surface area contributed by atoms with Gasteiger partial charge in [-0.3, -0.25) is 24.0 Å². The summed E-state index contributed by atoms with van der Waals surface area (Å²) in [7, 11) is 1.31. The summed E-state index contributed by atoms with van der Waals surface area (Å²) < 4.78 is 67.0. The highest BCUT2D eigenvalue weighted by Gasteiger charge is 2.52. The van der Waals surface area contributed by atoms with Crippen molar-refractivity contribution in [2.24, 2.45) is 0 Å². The van der Waals surface area contributed by atoms with E-state index >= 15 is 0 Å². The topological polar surface area (TPSA) is 150 Å². The number of hydrogen-bond acceptors (Lipinski definition) is 12. The highest BCUT2D eigenvalue weighted by molar-refractivity contribution is 5.74. The molecular weight excluding hydrogens is 552 g/mol. The van der Waals surface area contributed by atoms with Crippen LogP contribution in [0.15, 0.2) is 48.5 Å². The molecule has 0 amide bonds. The van der Waals surface area contributed by atoms with Crippen LogP contribution >= 0.6 is 0 Å². The largest absolute Gasteiger partial charge is 0.469 e. The van der Waals surface area contributed by atoms with Gasteiger partial charge in [-0.2, -0.15) is 0 Å². The summed E-state index contributed by atoms with van der Waals surface area (Å²) in [6.45, 7) is -4.02. The van der Waals surface area contributed by atoms with Crippen LogP contribution in [0.1, 0.15) is 44.2 Å². The molecule has 0 saturated carbocycles. The quantitative estimate of drug-likeness (QED) is 0.280. The molecule has 1 heterocycles. The molecule has 0 radical (unpaired) electrons. The molecule has 2 aromatic rings. The second-order valence-electron chi connectivity index (χ2n) is 9.05. The molecule has 42 heavy (non-hydrogen) atoms. The number of esters is 5. The van der Waals surface area contributed by atoms with E-state index in [9.17, 15) is 24.0 Å². The van der Waals surface area contributed by atoms with Crippen molar-refractivity contribution in [1.82, 2.24) is 0 Å². The van der Waals surface area contributed by atoms with Crippen molar-refractivity contribution in [3.63, 3.8) is 0 Å². The normalized spacial score (nSPS) is 22.7. The van der Waals surface area contributed by atoms with Gasteiger partial charge in [0.1, 0.15) is 12.7 Å². The summed E-state index contributed by atoms with van der Waals surface area (Å²) in [5.41, 5.74) is 2.94. The predicted molar refractivity (Wildman–Crippen MR) is 144 cm³/mol. The summed E-state index contributed by atoms with van der Waals surface area (Å²) in [6.07, 6.45) is -7.67. The molecule has 1 fully saturated rings. The molecule has 0 aliphatic carbocycles. The van der Waals surface area contributed by atoms with Crippen LogP contribution in [-0.4, -0.2) is 74.3 Å². The van der Waals surface area contributed by atoms with Crippen LogP contribution in [0, 0.1) is 0 Å². The van der Waals surface area contributed by atoms with Gasteiger partial charge in [0.2, 0.25) is 0 Å². The first kappa shape index (κ1) is 26.6. The number of methoxy groups -OCH3 is 1. The van der Waals surface area contributed by atoms with Gasteiger partial charge in [-0.15, -0.1) is 0 Å². The Labute approximate surface area is 248 Å². The first-order valence-corrected chi connectivity index (χ1v) is 12.6. The zero-order valence-electron chi connectivity index (χ0n) is 26.9. The van der Waals surface area contributed by atoms with Gasteiger partial charge in [0.05, 0.1) is 20.1 Å². The first-order valence-electron chi connectivity index (χ1n) is 15.4. The highest BCUT2D eigenvalue weighted by Crippen LogP contribution is 2.31. The Kier molecular flexibility index (Phi) is 9.55. The van der Waals surface area contributed by atoms with Crippen LogP contribution in [-0.2, 0) is 70.2 Å². The molecule has 12 heteroatoms. The van der Waals surface area contributed by atoms with Gasteiger partial charge >= 0.3 is 29.8 Å². The third-order valence-corrected chi connectivity index (χ3v) is 5.98. The van der Waals surface area contributed by atoms with E-state index in [1.807, 2.05) is 18.2 Å². The minimum absolute atomic E-state index is 0.0902. The van der Waals surface area contributed by atoms with E-state index in [2.05, 4.69) is 0 Å². The minimum Gasteiger partial charge on any atom is -0.469 e. The SMILES string of the molecule is [2H]CC(=O)OC[C@H]1OC(OCc2cccc(-c3cccc(CC(=O)OC)c3)c2)[C@@H](OC(=O)C[2H])[C@@H](OC(=O)C[2H])[C@@H]1OC(=O)C[2H]. The van der Waals surface area contributed by atoms with Gasteiger partial charge < -0.3 is 33.2 Å². The van der Waals surface area contributed by atoms with E-state index in [1.165, 1.54) is 7.11 Å². The van der Waals surface area contributed by atoms with Gasteiger partial charge in [0.15, 0.2) is 24.6 Å². The summed E-state index contributed by atoms with van der Waals surface area (Å²) in [5.74, 6) is -4.55. The monoisotopic (exact) mass is 590 g/mol. The molecule has 0 spiro atoms. The molecule has 12 nitrogen and oxygen atoms in total. The number of hydrogen-bond donors (Lipinski definition) is 0. The van der Waals surface area contributed by atoms with Crippen molar-refractivity contribution in [3.05, 3.63) is 59.7 Å². The van der Waals surface area contributed by atoms with E-state index in [-0.39, 0.29) is 19.0 Å². The smallest absolute Gasteiger partial charge is 0.309 e. The molecule has 1 aliphatic rings. The van der Waals surface area contributed by atoms with Crippen LogP contribution in [0.4, 0.5) is 0 Å². The van der Waals surface area contributed by atoms with Gasteiger partial charge in [-0.05, 0) is 28.3 Å². The van der Waals surface area contributed by atoms with Crippen LogP contribution in [0.5, 0.6) is 0 Å². The van der Waals surface area contributed by atoms with Gasteiger partial charge in [0.25, 0.3) is 0 Å². The average Bonchev–Trinajstić information content (AvgIpc) is 3.08. The Bertz CT molecular complexity index is 1370. The predicted octanol–water partition coefficient (Wildman–Crippen LogP) is 2.67. The Morgan fingerprint density at radius 3 is 1.95 bits per heavy atom. The maximum absolute atomic E-state index is 12.3. The van der Waals surface area contributed by atoms with Crippen molar-refractivity contribution >= 4 is 29.8 Å². The van der Waals surface area contributed by atoms with E-state index in [0.717, 1.165) is 16.7 Å². The average molecular weight is 591 g/mol. The number of rotatable bonds is 11. The van der Waals surface area contributed by atoms with Crippen molar-refractivity contribution in [2.45, 2.75) is 71.3 Å². The molecule has 1 aliphatic heterocycles. The lowest BCUT2D eigenvalue weighted by Gasteiger charge is -2.44. The van der Waals surface area contributed by atoms with Gasteiger partial charge in [-0.1, -0.05) is 42.5 Å². The van der Waals surface area contributed by atoms with Crippen LogP contribution < -0.4 is 0 Å². The third-order valence-electron chi connectivity index (χ3n) is 5.98. The standard InChI is InChI=1S/C30H34O12/c1-17(31)37-16-25-27(39-18(2)32)28(40-19(3)33)29(41-20(4)34)30(42-25)38-15-22-9-7-11-24(13-22)23-10-6-8-21(12-23)14-26(35)36-5/h6-13,25,27-30H,14-16H2,1-5H3/t25-,27-,28+,29+,30?/m1/s1/i1D,2D,3D,4D. The molecule has 1 saturated heterocycles. The Balaban J connectivity index is 1.93. The second-order valence-corrected chi connectivity index (χ2v) is 9.05. The lowest BCUT2D eigenvalue weighted by atomic mass is 9.98. The molecule has 0 aromatic heterocycles. The lowest BCUT2D eigenvalue weighted by molar-refractivity contribution is -0.310. The number of carbonyl (C=O) groups is 5. The molecule has 226 valence electrons. The Morgan fingerprint density at radius 1 is 0.762 bits per heavy atom. The van der Waals surface area contributed by atoms with Crippen molar-refractivity contribution in [3.8, 4) is 11.1 Å². The molecule has 0 N–H and O–H groups in total. The highest BCUT2D eigenvalue weighted by atomic mass is 16.7. The number of ether oxygens (including phenoxy) is 7. The molecular formula is C30H34O12. The Morgan fingerprint density at radius 2 is 1.33 bits per heavy atom. The maximum Gasteiger partial charge on any atom is 0.309 e. The summed E-state index contributed by atoms with van der Waals surface area (Å²) in [6, 6.07) is 14.4. The van der Waals surface area contributed by atoms with Crippen molar-refractivity contribution in [1.29, 1.82) is 0 Å².